The molecule has 38 heavy (non-hydrogen) atoms. The second-order valence-corrected chi connectivity index (χ2v) is 9.67. The van der Waals surface area contributed by atoms with Gasteiger partial charge in [-0.25, -0.2) is 0 Å². The normalized spacial score (nSPS) is 17.5. The van der Waals surface area contributed by atoms with E-state index in [4.69, 9.17) is 4.74 Å². The van der Waals surface area contributed by atoms with Crippen LogP contribution < -0.4 is 20.7 Å². The Hall–Kier alpha value is -3.89. The molecule has 1 aromatic heterocycles. The molecule has 1 aliphatic carbocycles. The fraction of sp³-hybridized carbons (Fsp3) is 0.407. The van der Waals surface area contributed by atoms with E-state index in [2.05, 4.69) is 37.0 Å². The molecule has 3 aliphatic rings. The molecule has 200 valence electrons. The maximum Gasteiger partial charge on any atom is 0.422 e. The number of carbonyl (C=O) groups excluding carboxylic acids is 1. The molecule has 3 heterocycles. The fourth-order valence-electron chi connectivity index (χ4n) is 4.42. The summed E-state index contributed by atoms with van der Waals surface area (Å²) in [6, 6.07) is 14.7. The molecule has 8 nitrogen and oxygen atoms in total. The van der Waals surface area contributed by atoms with E-state index in [0.717, 1.165) is 55.5 Å². The van der Waals surface area contributed by atoms with E-state index in [1.54, 1.807) is 24.3 Å². The van der Waals surface area contributed by atoms with Crippen molar-refractivity contribution in [2.24, 2.45) is 0 Å². The van der Waals surface area contributed by atoms with Crippen LogP contribution in [-0.4, -0.2) is 46.7 Å². The maximum atomic E-state index is 12.8. The Labute approximate surface area is 218 Å². The number of nitrogens with zero attached hydrogens (tertiary/aromatic N) is 3. The van der Waals surface area contributed by atoms with E-state index in [1.807, 2.05) is 18.2 Å². The quantitative estimate of drug-likeness (QED) is 0.440. The molecule has 6 bridgehead atoms. The highest BCUT2D eigenvalue weighted by Crippen LogP contribution is 2.48. The van der Waals surface area contributed by atoms with Crippen molar-refractivity contribution < 1.29 is 22.7 Å². The summed E-state index contributed by atoms with van der Waals surface area (Å²) in [4.78, 5) is 25.2. The molecule has 3 aromatic rings. The van der Waals surface area contributed by atoms with Gasteiger partial charge in [-0.05, 0) is 67.5 Å². The molecule has 1 amide bonds. The number of amides is 1. The van der Waals surface area contributed by atoms with Gasteiger partial charge in [0.15, 0.2) is 6.61 Å². The van der Waals surface area contributed by atoms with Crippen LogP contribution in [0, 0.1) is 0 Å². The van der Waals surface area contributed by atoms with Crippen molar-refractivity contribution in [2.45, 2.75) is 50.2 Å². The highest BCUT2D eigenvalue weighted by Gasteiger charge is 2.45. The van der Waals surface area contributed by atoms with Gasteiger partial charge < -0.3 is 20.7 Å². The molecule has 6 rings (SSSR count). The summed E-state index contributed by atoms with van der Waals surface area (Å²) in [6.07, 6.45) is 0.203. The Balaban J connectivity index is 1.46. The number of rotatable bonds is 2. The van der Waals surface area contributed by atoms with Crippen molar-refractivity contribution in [2.75, 3.05) is 30.3 Å². The first kappa shape index (κ1) is 25.7. The maximum absolute atomic E-state index is 12.8. The first-order valence-corrected chi connectivity index (χ1v) is 12.7. The van der Waals surface area contributed by atoms with Crippen molar-refractivity contribution in [3.05, 3.63) is 71.0 Å². The average molecular weight is 527 g/mol. The molecular weight excluding hydrogens is 497 g/mol. The molecule has 0 radical (unpaired) electrons. The van der Waals surface area contributed by atoms with Crippen LogP contribution in [0.3, 0.4) is 0 Å². The van der Waals surface area contributed by atoms with Crippen molar-refractivity contribution in [3.63, 3.8) is 0 Å². The van der Waals surface area contributed by atoms with Crippen LogP contribution >= 0.6 is 0 Å². The van der Waals surface area contributed by atoms with E-state index in [9.17, 15) is 18.0 Å². The number of carbonyl (C=O) groups is 1. The van der Waals surface area contributed by atoms with Crippen molar-refractivity contribution >= 4 is 17.5 Å². The van der Waals surface area contributed by atoms with Gasteiger partial charge in [0.05, 0.1) is 5.54 Å². The lowest BCUT2D eigenvalue weighted by Crippen LogP contribution is -2.24. The third kappa shape index (κ3) is 6.70. The van der Waals surface area contributed by atoms with Crippen LogP contribution in [-0.2, 0) is 12.0 Å². The summed E-state index contributed by atoms with van der Waals surface area (Å²) in [5, 5.41) is 9.73. The highest BCUT2D eigenvalue weighted by atomic mass is 19.4. The number of fused-ring (bicyclic) bond motifs is 9. The number of ether oxygens (including phenoxy) is 1. The Morgan fingerprint density at radius 2 is 1.68 bits per heavy atom. The predicted octanol–water partition coefficient (Wildman–Crippen LogP) is 4.83. The topological polar surface area (TPSA) is 101 Å². The van der Waals surface area contributed by atoms with E-state index in [1.165, 1.54) is 0 Å². The lowest BCUT2D eigenvalue weighted by Gasteiger charge is -2.20. The first-order valence-electron chi connectivity index (χ1n) is 12.7. The number of nitrogens with one attached hydrogen (secondary N) is 3. The number of hydrogen-bond acceptors (Lipinski definition) is 7. The minimum absolute atomic E-state index is 0.151. The molecule has 0 atom stereocenters. The van der Waals surface area contributed by atoms with Crippen LogP contribution in [0.1, 0.15) is 59.4 Å². The SMILES string of the molecule is O=C1NCCCCCNc2cccc(c2)C2(CC2)Nc2nc(nc(OCC(F)(F)F)n2)Cc2ccc1cc2. The van der Waals surface area contributed by atoms with Crippen LogP contribution in [0.5, 0.6) is 6.01 Å². The molecule has 3 N–H and O–H groups in total. The van der Waals surface area contributed by atoms with Crippen molar-refractivity contribution in [1.82, 2.24) is 20.3 Å². The monoisotopic (exact) mass is 526 g/mol. The van der Waals surface area contributed by atoms with Gasteiger partial charge >= 0.3 is 12.2 Å². The second kappa shape index (κ2) is 10.8. The molecule has 2 aliphatic heterocycles. The van der Waals surface area contributed by atoms with E-state index in [0.29, 0.717) is 12.1 Å². The minimum Gasteiger partial charge on any atom is -0.454 e. The van der Waals surface area contributed by atoms with Gasteiger partial charge in [-0.15, -0.1) is 0 Å². The highest BCUT2D eigenvalue weighted by molar-refractivity contribution is 5.94. The molecule has 0 unspecified atom stereocenters. The van der Waals surface area contributed by atoms with Crippen molar-refractivity contribution in [1.29, 1.82) is 0 Å². The lowest BCUT2D eigenvalue weighted by molar-refractivity contribution is -0.154. The molecule has 0 saturated heterocycles. The zero-order valence-electron chi connectivity index (χ0n) is 20.8. The molecular formula is C27H29F3N6O2. The van der Waals surface area contributed by atoms with Gasteiger partial charge in [-0.2, -0.15) is 28.1 Å². The zero-order chi connectivity index (χ0) is 26.6. The Morgan fingerprint density at radius 3 is 2.42 bits per heavy atom. The first-order chi connectivity index (χ1) is 18.3. The smallest absolute Gasteiger partial charge is 0.422 e. The third-order valence-corrected chi connectivity index (χ3v) is 6.59. The summed E-state index contributed by atoms with van der Waals surface area (Å²) in [7, 11) is 0. The summed E-state index contributed by atoms with van der Waals surface area (Å²) >= 11 is 0. The van der Waals surface area contributed by atoms with Gasteiger partial charge in [0.2, 0.25) is 5.95 Å². The summed E-state index contributed by atoms with van der Waals surface area (Å²) in [6.45, 7) is -0.104. The number of benzene rings is 2. The average Bonchev–Trinajstić information content (AvgIpc) is 3.67. The van der Waals surface area contributed by atoms with Gasteiger partial charge in [-0.3, -0.25) is 4.79 Å². The number of anilines is 2. The fourth-order valence-corrected chi connectivity index (χ4v) is 4.42. The summed E-state index contributed by atoms with van der Waals surface area (Å²) in [5.74, 6) is 0.264. The molecule has 11 heteroatoms. The Bertz CT molecular complexity index is 1280. The number of halogens is 3. The Kier molecular flexibility index (Phi) is 7.35. The van der Waals surface area contributed by atoms with Crippen LogP contribution in [0.15, 0.2) is 48.5 Å². The van der Waals surface area contributed by atoms with Gasteiger partial charge in [0.1, 0.15) is 5.82 Å². The summed E-state index contributed by atoms with van der Waals surface area (Å²) < 4.78 is 43.4. The van der Waals surface area contributed by atoms with Gasteiger partial charge in [-0.1, -0.05) is 24.3 Å². The number of hydrogen-bond donors (Lipinski definition) is 3. The standard InChI is InChI=1S/C27H29F3N6O2/c28-27(29,30)17-38-25-34-22-15-18-7-9-19(10-8-18)23(37)32-14-3-1-2-13-31-21-6-4-5-20(16-21)26(11-12-26)36-24(33-22)35-25/h4-10,16,31H,1-3,11-15,17H2,(H,32,37)(H,33,34,35,36). The number of aromatic nitrogens is 3. The summed E-state index contributed by atoms with van der Waals surface area (Å²) in [5.41, 5.74) is 2.95. The molecule has 2 aromatic carbocycles. The lowest BCUT2D eigenvalue weighted by atomic mass is 10.0. The van der Waals surface area contributed by atoms with Crippen molar-refractivity contribution in [3.8, 4) is 6.01 Å². The third-order valence-electron chi connectivity index (χ3n) is 6.59. The van der Waals surface area contributed by atoms with Gasteiger partial charge in [0.25, 0.3) is 5.91 Å². The molecule has 1 spiro atoms. The number of alkyl halides is 3. The van der Waals surface area contributed by atoms with E-state index in [-0.39, 0.29) is 24.1 Å². The van der Waals surface area contributed by atoms with E-state index < -0.39 is 24.3 Å². The van der Waals surface area contributed by atoms with Crippen LogP contribution in [0.4, 0.5) is 24.8 Å². The van der Waals surface area contributed by atoms with Gasteiger partial charge in [0, 0.05) is 30.8 Å². The minimum atomic E-state index is -4.52. The Morgan fingerprint density at radius 1 is 0.921 bits per heavy atom. The zero-order valence-corrected chi connectivity index (χ0v) is 20.8. The second-order valence-electron chi connectivity index (χ2n) is 9.67. The van der Waals surface area contributed by atoms with E-state index >= 15 is 0 Å². The predicted molar refractivity (Wildman–Crippen MR) is 136 cm³/mol. The largest absolute Gasteiger partial charge is 0.454 e. The van der Waals surface area contributed by atoms with Crippen LogP contribution in [0.25, 0.3) is 0 Å². The molecule has 1 fully saturated rings. The molecule has 1 saturated carbocycles. The van der Waals surface area contributed by atoms with Crippen LogP contribution in [0.2, 0.25) is 0 Å².